The molecule has 0 aliphatic carbocycles. The highest BCUT2D eigenvalue weighted by Gasteiger charge is 2.10. The molecule has 0 aromatic heterocycles. The van der Waals surface area contributed by atoms with Crippen molar-refractivity contribution in [2.45, 2.75) is 44.6 Å². The first kappa shape index (κ1) is 17.2. The summed E-state index contributed by atoms with van der Waals surface area (Å²) in [6.45, 7) is 6.41. The molecule has 0 radical (unpaired) electrons. The number of thioether (sulfide) groups is 1. The molecule has 1 rings (SSSR count). The lowest BCUT2D eigenvalue weighted by Crippen LogP contribution is -2.34. The highest BCUT2D eigenvalue weighted by Crippen LogP contribution is 2.28. The first-order chi connectivity index (χ1) is 9.38. The predicted molar refractivity (Wildman–Crippen MR) is 88.3 cm³/mol. The number of nitrogen functional groups attached to an aromatic ring is 1. The number of nitrogens with two attached hydrogens (primary N) is 1. The van der Waals surface area contributed by atoms with E-state index in [1.54, 1.807) is 18.2 Å². The van der Waals surface area contributed by atoms with Crippen molar-refractivity contribution >= 4 is 35.0 Å². The Morgan fingerprint density at radius 1 is 1.35 bits per heavy atom. The zero-order valence-corrected chi connectivity index (χ0v) is 13.9. The van der Waals surface area contributed by atoms with Gasteiger partial charge in [0.25, 0.3) is 0 Å². The third kappa shape index (κ3) is 6.53. The van der Waals surface area contributed by atoms with E-state index in [-0.39, 0.29) is 11.9 Å². The average molecular weight is 315 g/mol. The summed E-state index contributed by atoms with van der Waals surface area (Å²) in [4.78, 5) is 12.7. The summed E-state index contributed by atoms with van der Waals surface area (Å²) < 4.78 is 0. The summed E-state index contributed by atoms with van der Waals surface area (Å²) >= 11 is 7.47. The van der Waals surface area contributed by atoms with Crippen molar-refractivity contribution in [2.75, 3.05) is 11.5 Å². The van der Waals surface area contributed by atoms with Crippen molar-refractivity contribution in [1.82, 2.24) is 5.32 Å². The minimum atomic E-state index is 0.0322. The van der Waals surface area contributed by atoms with E-state index in [0.29, 0.717) is 22.4 Å². The lowest BCUT2D eigenvalue weighted by Gasteiger charge is -2.15. The summed E-state index contributed by atoms with van der Waals surface area (Å²) in [5.74, 6) is 1.05. The highest BCUT2D eigenvalue weighted by molar-refractivity contribution is 8.00. The van der Waals surface area contributed by atoms with Crippen molar-refractivity contribution in [3.8, 4) is 0 Å². The van der Waals surface area contributed by atoms with Crippen LogP contribution in [0.2, 0.25) is 5.02 Å². The maximum atomic E-state index is 11.9. The smallest absolute Gasteiger partial charge is 0.230 e. The molecule has 0 heterocycles. The van der Waals surface area contributed by atoms with Gasteiger partial charge in [0.1, 0.15) is 0 Å². The van der Waals surface area contributed by atoms with Gasteiger partial charge in [-0.05, 0) is 43.9 Å². The van der Waals surface area contributed by atoms with Crippen LogP contribution in [0.15, 0.2) is 23.1 Å². The third-order valence-corrected chi connectivity index (χ3v) is 4.40. The number of benzene rings is 1. The van der Waals surface area contributed by atoms with E-state index in [0.717, 1.165) is 17.7 Å². The van der Waals surface area contributed by atoms with Crippen LogP contribution in [0.25, 0.3) is 0 Å². The minimum absolute atomic E-state index is 0.0322. The molecular formula is C15H23ClN2OS. The SMILES string of the molecule is CC(C)CCC(C)NC(=O)CSc1cc(N)ccc1Cl. The number of hydrogen-bond acceptors (Lipinski definition) is 3. The van der Waals surface area contributed by atoms with Gasteiger partial charge in [-0.3, -0.25) is 4.79 Å². The molecule has 1 atom stereocenters. The third-order valence-electron chi connectivity index (χ3n) is 2.90. The topological polar surface area (TPSA) is 55.1 Å². The highest BCUT2D eigenvalue weighted by atomic mass is 35.5. The zero-order chi connectivity index (χ0) is 15.1. The van der Waals surface area contributed by atoms with E-state index in [9.17, 15) is 4.79 Å². The summed E-state index contributed by atoms with van der Waals surface area (Å²) in [6.07, 6.45) is 2.13. The second-order valence-electron chi connectivity index (χ2n) is 5.42. The molecule has 0 saturated carbocycles. The maximum Gasteiger partial charge on any atom is 0.230 e. The summed E-state index contributed by atoms with van der Waals surface area (Å²) in [7, 11) is 0. The molecule has 1 aromatic rings. The first-order valence-electron chi connectivity index (χ1n) is 6.85. The van der Waals surface area contributed by atoms with Gasteiger partial charge in [-0.1, -0.05) is 25.4 Å². The second-order valence-corrected chi connectivity index (χ2v) is 6.84. The molecule has 0 aliphatic heterocycles. The molecule has 1 amide bonds. The number of hydrogen-bond donors (Lipinski definition) is 2. The Labute approximate surface area is 130 Å². The monoisotopic (exact) mass is 314 g/mol. The van der Waals surface area contributed by atoms with Gasteiger partial charge in [-0.25, -0.2) is 0 Å². The van der Waals surface area contributed by atoms with Crippen LogP contribution < -0.4 is 11.1 Å². The Balaban J connectivity index is 2.37. The average Bonchev–Trinajstić information content (AvgIpc) is 2.37. The Morgan fingerprint density at radius 3 is 2.70 bits per heavy atom. The fourth-order valence-corrected chi connectivity index (χ4v) is 2.82. The second kappa shape index (κ2) is 8.42. The van der Waals surface area contributed by atoms with Gasteiger partial charge in [0.2, 0.25) is 5.91 Å². The Morgan fingerprint density at radius 2 is 2.05 bits per heavy atom. The standard InChI is InChI=1S/C15H23ClN2OS/c1-10(2)4-5-11(3)18-15(19)9-20-14-8-12(17)6-7-13(14)16/h6-8,10-11H,4-5,9,17H2,1-3H3,(H,18,19). The lowest BCUT2D eigenvalue weighted by molar-refractivity contribution is -0.119. The molecule has 0 saturated heterocycles. The maximum absolute atomic E-state index is 11.9. The van der Waals surface area contributed by atoms with Gasteiger partial charge in [0, 0.05) is 16.6 Å². The molecule has 112 valence electrons. The summed E-state index contributed by atoms with van der Waals surface area (Å²) in [6, 6.07) is 5.51. The number of carbonyl (C=O) groups is 1. The molecule has 1 unspecified atom stereocenters. The van der Waals surface area contributed by atoms with E-state index >= 15 is 0 Å². The van der Waals surface area contributed by atoms with Crippen LogP contribution >= 0.6 is 23.4 Å². The first-order valence-corrected chi connectivity index (χ1v) is 8.22. The van der Waals surface area contributed by atoms with Crippen molar-refractivity contribution in [3.05, 3.63) is 23.2 Å². The number of anilines is 1. The van der Waals surface area contributed by atoms with Gasteiger partial charge in [-0.15, -0.1) is 11.8 Å². The molecule has 1 aromatic carbocycles. The fraction of sp³-hybridized carbons (Fsp3) is 0.533. The minimum Gasteiger partial charge on any atom is -0.399 e. The number of amides is 1. The molecule has 0 spiro atoms. The van der Waals surface area contributed by atoms with Crippen LogP contribution in [0.4, 0.5) is 5.69 Å². The Bertz CT molecular complexity index is 451. The van der Waals surface area contributed by atoms with Gasteiger partial charge < -0.3 is 11.1 Å². The molecule has 3 nitrogen and oxygen atoms in total. The van der Waals surface area contributed by atoms with Crippen LogP contribution in [-0.4, -0.2) is 17.7 Å². The van der Waals surface area contributed by atoms with Crippen molar-refractivity contribution in [1.29, 1.82) is 0 Å². The van der Waals surface area contributed by atoms with E-state index in [2.05, 4.69) is 19.2 Å². The molecule has 0 aliphatic rings. The number of carbonyl (C=O) groups excluding carboxylic acids is 1. The Kier molecular flexibility index (Phi) is 7.24. The number of nitrogens with one attached hydrogen (secondary N) is 1. The Hall–Kier alpha value is -0.870. The predicted octanol–water partition coefficient (Wildman–Crippen LogP) is 3.96. The molecule has 0 bridgehead atoms. The van der Waals surface area contributed by atoms with E-state index < -0.39 is 0 Å². The normalized spacial score (nSPS) is 12.4. The van der Waals surface area contributed by atoms with Crippen molar-refractivity contribution in [3.63, 3.8) is 0 Å². The van der Waals surface area contributed by atoms with Crippen LogP contribution in [-0.2, 0) is 4.79 Å². The summed E-state index contributed by atoms with van der Waals surface area (Å²) in [5.41, 5.74) is 6.37. The lowest BCUT2D eigenvalue weighted by atomic mass is 10.0. The largest absolute Gasteiger partial charge is 0.399 e. The van der Waals surface area contributed by atoms with Gasteiger partial charge >= 0.3 is 0 Å². The molecule has 0 fully saturated rings. The molecular weight excluding hydrogens is 292 g/mol. The van der Waals surface area contributed by atoms with Crippen LogP contribution in [0.5, 0.6) is 0 Å². The van der Waals surface area contributed by atoms with Gasteiger partial charge in [0.05, 0.1) is 10.8 Å². The number of rotatable bonds is 7. The molecule has 5 heteroatoms. The summed E-state index contributed by atoms with van der Waals surface area (Å²) in [5, 5.41) is 3.63. The molecule has 20 heavy (non-hydrogen) atoms. The van der Waals surface area contributed by atoms with Crippen LogP contribution in [0.3, 0.4) is 0 Å². The van der Waals surface area contributed by atoms with E-state index in [4.69, 9.17) is 17.3 Å². The van der Waals surface area contributed by atoms with E-state index in [1.165, 1.54) is 11.8 Å². The van der Waals surface area contributed by atoms with E-state index in [1.807, 2.05) is 6.92 Å². The quantitative estimate of drug-likeness (QED) is 0.591. The van der Waals surface area contributed by atoms with Crippen LogP contribution in [0, 0.1) is 5.92 Å². The van der Waals surface area contributed by atoms with Gasteiger partial charge in [-0.2, -0.15) is 0 Å². The van der Waals surface area contributed by atoms with Crippen molar-refractivity contribution in [2.24, 2.45) is 5.92 Å². The van der Waals surface area contributed by atoms with Crippen LogP contribution in [0.1, 0.15) is 33.6 Å². The molecule has 3 N–H and O–H groups in total. The van der Waals surface area contributed by atoms with Crippen molar-refractivity contribution < 1.29 is 4.79 Å². The fourth-order valence-electron chi connectivity index (χ4n) is 1.75. The van der Waals surface area contributed by atoms with Gasteiger partial charge in [0.15, 0.2) is 0 Å². The zero-order valence-electron chi connectivity index (χ0n) is 12.3. The number of halogens is 1.